The van der Waals surface area contributed by atoms with Gasteiger partial charge < -0.3 is 15.6 Å². The molecule has 0 spiro atoms. The first-order chi connectivity index (χ1) is 5.07. The van der Waals surface area contributed by atoms with Gasteiger partial charge in [-0.05, 0) is 0 Å². The number of aliphatic carboxylic acids is 1. The van der Waals surface area contributed by atoms with E-state index in [1.165, 1.54) is 0 Å². The number of nitrogens with two attached hydrogens (primary N) is 1. The molecule has 0 saturated heterocycles. The van der Waals surface area contributed by atoms with Crippen molar-refractivity contribution in [1.29, 1.82) is 0 Å². The second kappa shape index (κ2) is 4.62. The van der Waals surface area contributed by atoms with E-state index in [1.807, 2.05) is 0 Å². The highest BCUT2D eigenvalue weighted by molar-refractivity contribution is 5.81. The Morgan fingerprint density at radius 1 is 1.64 bits per heavy atom. The van der Waals surface area contributed by atoms with Crippen molar-refractivity contribution in [3.05, 3.63) is 0 Å². The van der Waals surface area contributed by atoms with E-state index in [9.17, 15) is 14.0 Å². The lowest BCUT2D eigenvalue weighted by molar-refractivity contribution is -0.152. The van der Waals surface area contributed by atoms with Gasteiger partial charge in [0.05, 0.1) is 6.42 Å². The van der Waals surface area contributed by atoms with Gasteiger partial charge in [-0.3, -0.25) is 9.59 Å². The summed E-state index contributed by atoms with van der Waals surface area (Å²) in [5.74, 6) is -2.27. The summed E-state index contributed by atoms with van der Waals surface area (Å²) in [6, 6.07) is -1.29. The number of rotatable bonds is 4. The molecule has 0 aliphatic rings. The Hall–Kier alpha value is -1.17. The lowest BCUT2D eigenvalue weighted by atomic mass is 10.2. The third-order valence-corrected chi connectivity index (χ3v) is 0.894. The summed E-state index contributed by atoms with van der Waals surface area (Å²) < 4.78 is 15.1. The minimum Gasteiger partial charge on any atom is -0.481 e. The molecule has 3 N–H and O–H groups in total. The number of hydrogen-bond donors (Lipinski definition) is 2. The normalized spacial score (nSPS) is 12.2. The molecule has 0 aliphatic carbocycles. The Labute approximate surface area is 61.9 Å². The molecular formula is C5H8FNO4. The van der Waals surface area contributed by atoms with E-state index in [-0.39, 0.29) is 0 Å². The predicted octanol–water partition coefficient (Wildman–Crippen LogP) is -0.741. The molecule has 0 aromatic heterocycles. The van der Waals surface area contributed by atoms with Crippen LogP contribution >= 0.6 is 0 Å². The van der Waals surface area contributed by atoms with E-state index in [2.05, 4.69) is 4.74 Å². The smallest absolute Gasteiger partial charge is 0.325 e. The van der Waals surface area contributed by atoms with E-state index < -0.39 is 31.3 Å². The molecule has 0 heterocycles. The van der Waals surface area contributed by atoms with Crippen LogP contribution < -0.4 is 5.73 Å². The second-order valence-electron chi connectivity index (χ2n) is 1.78. The standard InChI is InChI=1S/C5H8FNO4/c6-2-11-5(10)3(7)1-4(8)9/h3H,1-2,7H2,(H,8,9)/t3-/m0/s1. The highest BCUT2D eigenvalue weighted by Crippen LogP contribution is 1.91. The van der Waals surface area contributed by atoms with Gasteiger partial charge in [-0.25, -0.2) is 4.39 Å². The summed E-state index contributed by atoms with van der Waals surface area (Å²) >= 11 is 0. The average Bonchev–Trinajstić information content (AvgIpc) is 1.86. The zero-order chi connectivity index (χ0) is 8.85. The number of ether oxygens (including phenoxy) is 1. The Kier molecular flexibility index (Phi) is 4.12. The van der Waals surface area contributed by atoms with Gasteiger partial charge in [0.15, 0.2) is 0 Å². The topological polar surface area (TPSA) is 89.6 Å². The lowest BCUT2D eigenvalue weighted by Gasteiger charge is -2.05. The third kappa shape index (κ3) is 4.26. The summed E-state index contributed by atoms with van der Waals surface area (Å²) in [5.41, 5.74) is 4.98. The van der Waals surface area contributed by atoms with E-state index >= 15 is 0 Å². The van der Waals surface area contributed by atoms with E-state index in [4.69, 9.17) is 10.8 Å². The van der Waals surface area contributed by atoms with Crippen molar-refractivity contribution in [2.45, 2.75) is 12.5 Å². The van der Waals surface area contributed by atoms with Crippen LogP contribution in [-0.2, 0) is 14.3 Å². The fourth-order valence-electron chi connectivity index (χ4n) is 0.432. The molecule has 0 amide bonds. The van der Waals surface area contributed by atoms with Crippen molar-refractivity contribution in [2.75, 3.05) is 6.86 Å². The zero-order valence-electron chi connectivity index (χ0n) is 5.62. The van der Waals surface area contributed by atoms with Crippen LogP contribution in [0.4, 0.5) is 4.39 Å². The maximum absolute atomic E-state index is 11.3. The number of halogens is 1. The predicted molar refractivity (Wildman–Crippen MR) is 32.3 cm³/mol. The van der Waals surface area contributed by atoms with Crippen molar-refractivity contribution in [2.24, 2.45) is 5.73 Å². The van der Waals surface area contributed by atoms with Crippen LogP contribution in [0, 0.1) is 0 Å². The molecule has 0 aromatic carbocycles. The quantitative estimate of drug-likeness (QED) is 0.535. The summed E-state index contributed by atoms with van der Waals surface area (Å²) in [4.78, 5) is 20.4. The molecule has 0 saturated carbocycles. The van der Waals surface area contributed by atoms with Crippen LogP contribution in [0.2, 0.25) is 0 Å². The Morgan fingerprint density at radius 3 is 2.55 bits per heavy atom. The summed E-state index contributed by atoms with van der Waals surface area (Å²) in [6.07, 6.45) is -0.557. The molecule has 0 bridgehead atoms. The maximum atomic E-state index is 11.3. The Balaban J connectivity index is 3.73. The molecule has 0 rings (SSSR count). The van der Waals surface area contributed by atoms with Gasteiger partial charge in [0.2, 0.25) is 6.86 Å². The first-order valence-electron chi connectivity index (χ1n) is 2.78. The Morgan fingerprint density at radius 2 is 2.18 bits per heavy atom. The fourth-order valence-corrected chi connectivity index (χ4v) is 0.432. The van der Waals surface area contributed by atoms with Gasteiger partial charge in [0.1, 0.15) is 6.04 Å². The van der Waals surface area contributed by atoms with Crippen LogP contribution in [0.1, 0.15) is 6.42 Å². The molecule has 5 nitrogen and oxygen atoms in total. The first kappa shape index (κ1) is 9.83. The zero-order valence-corrected chi connectivity index (χ0v) is 5.62. The van der Waals surface area contributed by atoms with Crippen molar-refractivity contribution >= 4 is 11.9 Å². The van der Waals surface area contributed by atoms with E-state index in [0.717, 1.165) is 0 Å². The molecule has 6 heteroatoms. The number of carbonyl (C=O) groups is 2. The van der Waals surface area contributed by atoms with Crippen molar-refractivity contribution in [3.8, 4) is 0 Å². The van der Waals surface area contributed by atoms with Crippen LogP contribution in [0.25, 0.3) is 0 Å². The van der Waals surface area contributed by atoms with Gasteiger partial charge in [0, 0.05) is 0 Å². The van der Waals surface area contributed by atoms with Gasteiger partial charge in [-0.2, -0.15) is 0 Å². The number of alkyl halides is 1. The molecule has 11 heavy (non-hydrogen) atoms. The summed E-state index contributed by atoms with van der Waals surface area (Å²) in [7, 11) is 0. The van der Waals surface area contributed by atoms with E-state index in [1.54, 1.807) is 0 Å². The van der Waals surface area contributed by atoms with Crippen LogP contribution in [0.15, 0.2) is 0 Å². The third-order valence-electron chi connectivity index (χ3n) is 0.894. The largest absolute Gasteiger partial charge is 0.481 e. The van der Waals surface area contributed by atoms with E-state index in [0.29, 0.717) is 0 Å². The highest BCUT2D eigenvalue weighted by Gasteiger charge is 2.17. The molecule has 0 unspecified atom stereocenters. The van der Waals surface area contributed by atoms with Crippen molar-refractivity contribution < 1.29 is 23.8 Å². The molecule has 0 aliphatic heterocycles. The average molecular weight is 165 g/mol. The first-order valence-corrected chi connectivity index (χ1v) is 2.78. The van der Waals surface area contributed by atoms with Crippen molar-refractivity contribution in [3.63, 3.8) is 0 Å². The monoisotopic (exact) mass is 165 g/mol. The van der Waals surface area contributed by atoms with Crippen LogP contribution in [0.5, 0.6) is 0 Å². The second-order valence-corrected chi connectivity index (χ2v) is 1.78. The highest BCUT2D eigenvalue weighted by atomic mass is 19.1. The maximum Gasteiger partial charge on any atom is 0.325 e. The Bertz CT molecular complexity index is 161. The molecule has 1 atom stereocenters. The number of carboxylic acid groups (broad SMARTS) is 1. The number of carbonyl (C=O) groups excluding carboxylic acids is 1. The number of carboxylic acids is 1. The lowest BCUT2D eigenvalue weighted by Crippen LogP contribution is -2.34. The van der Waals surface area contributed by atoms with Crippen LogP contribution in [0.3, 0.4) is 0 Å². The molecule has 0 fully saturated rings. The van der Waals surface area contributed by atoms with Crippen molar-refractivity contribution in [1.82, 2.24) is 0 Å². The summed E-state index contributed by atoms with van der Waals surface area (Å²) in [6.45, 7) is -1.29. The number of esters is 1. The minimum absolute atomic E-state index is 0.557. The van der Waals surface area contributed by atoms with Gasteiger partial charge in [-0.1, -0.05) is 0 Å². The minimum atomic E-state index is -1.29. The molecule has 64 valence electrons. The summed E-state index contributed by atoms with van der Waals surface area (Å²) in [5, 5.41) is 8.12. The fraction of sp³-hybridized carbons (Fsp3) is 0.600. The van der Waals surface area contributed by atoms with Crippen LogP contribution in [-0.4, -0.2) is 29.9 Å². The SMILES string of the molecule is N[C@@H](CC(=O)O)C(=O)OCF. The van der Waals surface area contributed by atoms with Gasteiger partial charge >= 0.3 is 11.9 Å². The number of hydrogen-bond acceptors (Lipinski definition) is 4. The van der Waals surface area contributed by atoms with Gasteiger partial charge in [-0.15, -0.1) is 0 Å². The molecule has 0 aromatic rings. The van der Waals surface area contributed by atoms with Gasteiger partial charge in [0.25, 0.3) is 0 Å². The molecular weight excluding hydrogens is 157 g/mol. The molecule has 0 radical (unpaired) electrons.